The van der Waals surface area contributed by atoms with Gasteiger partial charge in [-0.3, -0.25) is 0 Å². The minimum absolute atomic E-state index is 0. The molecule has 0 unspecified atom stereocenters. The average Bonchev–Trinajstić information content (AvgIpc) is 1.67. The Kier molecular flexibility index (Phi) is 8.02. The van der Waals surface area contributed by atoms with E-state index in [1.54, 1.807) is 13.8 Å². The van der Waals surface area contributed by atoms with Crippen LogP contribution in [0.25, 0.3) is 0 Å². The van der Waals surface area contributed by atoms with E-state index < -0.39 is 0 Å². The van der Waals surface area contributed by atoms with Gasteiger partial charge in [0.1, 0.15) is 0 Å². The summed E-state index contributed by atoms with van der Waals surface area (Å²) >= 11 is 0. The zero-order valence-corrected chi connectivity index (χ0v) is 9.97. The summed E-state index contributed by atoms with van der Waals surface area (Å²) in [7, 11) is 0. The molecular weight excluding hydrogens is 223 g/mol. The number of carbonyl (C=O) groups excluding carboxylic acids is 1. The van der Waals surface area contributed by atoms with Gasteiger partial charge in [-0.2, -0.15) is 0 Å². The molecule has 0 saturated heterocycles. The van der Waals surface area contributed by atoms with Crippen LogP contribution in [-0.4, -0.2) is 36.5 Å². The summed E-state index contributed by atoms with van der Waals surface area (Å²) in [6.45, 7) is 7.21. The molecule has 0 aliphatic rings. The fourth-order valence-corrected chi connectivity index (χ4v) is 0.254. The van der Waals surface area contributed by atoms with Gasteiger partial charge in [-0.25, -0.2) is 4.79 Å². The van der Waals surface area contributed by atoms with Crippen molar-refractivity contribution in [1.29, 1.82) is 0 Å². The molecule has 0 aliphatic heterocycles. The van der Waals surface area contributed by atoms with Crippen LogP contribution in [0.1, 0.15) is 13.8 Å². The van der Waals surface area contributed by atoms with Gasteiger partial charge in [-0.05, 0) is 13.8 Å². The van der Waals surface area contributed by atoms with Crippen LogP contribution in [0.2, 0.25) is 0 Å². The Hall–Kier alpha value is 0.00870. The van der Waals surface area contributed by atoms with Crippen molar-refractivity contribution in [3.05, 3.63) is 12.2 Å². The normalized spacial score (nSPS) is 7.33. The standard InChI is InChI=1S/C6H10O2.Sn.2H/c1-4-8-6(7)5(2)3;;;/h2,4H2,1,3H3;;;. The maximum absolute atomic E-state index is 10.4. The predicted octanol–water partition coefficient (Wildman–Crippen LogP) is 0.209. The molecule has 0 aromatic carbocycles. The summed E-state index contributed by atoms with van der Waals surface area (Å²) in [6, 6.07) is 0. The molecule has 0 spiro atoms. The second kappa shape index (κ2) is 6.13. The molecule has 52 valence electrons. The van der Waals surface area contributed by atoms with E-state index in [0.717, 1.165) is 0 Å². The van der Waals surface area contributed by atoms with E-state index in [1.165, 1.54) is 0 Å². The third-order valence-electron chi connectivity index (χ3n) is 0.624. The minimum atomic E-state index is -0.312. The van der Waals surface area contributed by atoms with Crippen LogP contribution < -0.4 is 0 Å². The summed E-state index contributed by atoms with van der Waals surface area (Å²) < 4.78 is 4.56. The molecule has 0 aromatic rings. The monoisotopic (exact) mass is 236 g/mol. The summed E-state index contributed by atoms with van der Waals surface area (Å²) in [5, 5.41) is 0. The Bertz CT molecular complexity index is 110. The predicted molar refractivity (Wildman–Crippen MR) is 40.0 cm³/mol. The van der Waals surface area contributed by atoms with Gasteiger partial charge in [-0.15, -0.1) is 0 Å². The van der Waals surface area contributed by atoms with Gasteiger partial charge in [0.2, 0.25) is 0 Å². The van der Waals surface area contributed by atoms with Crippen molar-refractivity contribution in [3.63, 3.8) is 0 Å². The fourth-order valence-electron chi connectivity index (χ4n) is 0.254. The van der Waals surface area contributed by atoms with Crippen LogP contribution in [0.5, 0.6) is 0 Å². The van der Waals surface area contributed by atoms with E-state index in [0.29, 0.717) is 12.2 Å². The second-order valence-electron chi connectivity index (χ2n) is 1.50. The first-order valence-electron chi connectivity index (χ1n) is 2.51. The van der Waals surface area contributed by atoms with E-state index in [-0.39, 0.29) is 29.9 Å². The molecule has 2 nitrogen and oxygen atoms in total. The Morgan fingerprint density at radius 2 is 2.11 bits per heavy atom. The van der Waals surface area contributed by atoms with Crippen molar-refractivity contribution < 1.29 is 9.53 Å². The van der Waals surface area contributed by atoms with Crippen LogP contribution in [-0.2, 0) is 9.53 Å². The maximum atomic E-state index is 10.4. The van der Waals surface area contributed by atoms with Crippen LogP contribution >= 0.6 is 0 Å². The Morgan fingerprint density at radius 1 is 1.67 bits per heavy atom. The van der Waals surface area contributed by atoms with Gasteiger partial charge in [0.05, 0.1) is 6.61 Å². The van der Waals surface area contributed by atoms with E-state index in [4.69, 9.17) is 0 Å². The Balaban J connectivity index is 0. The molecule has 0 saturated carbocycles. The van der Waals surface area contributed by atoms with E-state index >= 15 is 0 Å². The Morgan fingerprint density at radius 3 is 2.22 bits per heavy atom. The van der Waals surface area contributed by atoms with Gasteiger partial charge in [0.15, 0.2) is 0 Å². The van der Waals surface area contributed by atoms with Gasteiger partial charge in [0.25, 0.3) is 0 Å². The summed E-state index contributed by atoms with van der Waals surface area (Å²) in [5.74, 6) is -0.312. The molecule has 0 heterocycles. The molecule has 3 heteroatoms. The zero-order chi connectivity index (χ0) is 6.57. The summed E-state index contributed by atoms with van der Waals surface area (Å²) in [6.07, 6.45) is 0. The molecule has 0 rings (SSSR count). The summed E-state index contributed by atoms with van der Waals surface area (Å²) in [5.41, 5.74) is 0.451. The van der Waals surface area contributed by atoms with Gasteiger partial charge in [0, 0.05) is 5.57 Å². The number of carbonyl (C=O) groups is 1. The SMILES string of the molecule is C=C(C)C(=O)OCC.[SnH2]. The number of hydrogen-bond acceptors (Lipinski definition) is 2. The molecule has 0 bridgehead atoms. The van der Waals surface area contributed by atoms with E-state index in [1.807, 2.05) is 0 Å². The van der Waals surface area contributed by atoms with Gasteiger partial charge < -0.3 is 4.74 Å². The van der Waals surface area contributed by atoms with Crippen molar-refractivity contribution in [2.75, 3.05) is 6.61 Å². The second-order valence-corrected chi connectivity index (χ2v) is 1.50. The summed E-state index contributed by atoms with van der Waals surface area (Å²) in [4.78, 5) is 10.4. The fraction of sp³-hybridized carbons (Fsp3) is 0.500. The van der Waals surface area contributed by atoms with Crippen molar-refractivity contribution in [2.24, 2.45) is 0 Å². The van der Waals surface area contributed by atoms with E-state index in [2.05, 4.69) is 11.3 Å². The Labute approximate surface area is 72.2 Å². The van der Waals surface area contributed by atoms with Crippen LogP contribution in [0.3, 0.4) is 0 Å². The molecule has 0 aliphatic carbocycles. The average molecular weight is 235 g/mol. The number of rotatable bonds is 2. The number of hydrogen-bond donors (Lipinski definition) is 0. The third kappa shape index (κ3) is 5.89. The number of ether oxygens (including phenoxy) is 1. The number of esters is 1. The molecule has 0 fully saturated rings. The molecule has 0 atom stereocenters. The quantitative estimate of drug-likeness (QED) is 0.388. The first-order chi connectivity index (χ1) is 3.68. The first-order valence-corrected chi connectivity index (χ1v) is 2.51. The molecule has 0 N–H and O–H groups in total. The molecule has 0 amide bonds. The van der Waals surface area contributed by atoms with Crippen LogP contribution in [0.4, 0.5) is 0 Å². The van der Waals surface area contributed by atoms with Crippen molar-refractivity contribution in [3.8, 4) is 0 Å². The zero-order valence-electron chi connectivity index (χ0n) is 5.94. The molecular formula is C6H12O2Sn. The topological polar surface area (TPSA) is 26.3 Å². The van der Waals surface area contributed by atoms with Crippen molar-refractivity contribution in [2.45, 2.75) is 13.8 Å². The first kappa shape index (κ1) is 11.8. The van der Waals surface area contributed by atoms with Crippen molar-refractivity contribution in [1.82, 2.24) is 0 Å². The van der Waals surface area contributed by atoms with Crippen LogP contribution in [0, 0.1) is 0 Å². The third-order valence-corrected chi connectivity index (χ3v) is 0.624. The van der Waals surface area contributed by atoms with Gasteiger partial charge in [-0.1, -0.05) is 6.58 Å². The molecule has 2 radical (unpaired) electrons. The van der Waals surface area contributed by atoms with E-state index in [9.17, 15) is 4.79 Å². The van der Waals surface area contributed by atoms with Crippen LogP contribution in [0.15, 0.2) is 12.2 Å². The van der Waals surface area contributed by atoms with Gasteiger partial charge >= 0.3 is 29.9 Å². The molecule has 9 heavy (non-hydrogen) atoms. The van der Waals surface area contributed by atoms with Crippen molar-refractivity contribution >= 4 is 29.9 Å². The molecule has 0 aromatic heterocycles.